The van der Waals surface area contributed by atoms with Crippen molar-refractivity contribution in [3.63, 3.8) is 0 Å². The van der Waals surface area contributed by atoms with Crippen LogP contribution in [0.25, 0.3) is 28.5 Å². The maximum atomic E-state index is 12.7. The van der Waals surface area contributed by atoms with Gasteiger partial charge in [-0.25, -0.2) is 27.9 Å². The van der Waals surface area contributed by atoms with E-state index in [-0.39, 0.29) is 16.7 Å². The van der Waals surface area contributed by atoms with Crippen LogP contribution in [0.3, 0.4) is 0 Å². The highest BCUT2D eigenvalue weighted by Gasteiger charge is 2.27. The molecule has 3 aromatic heterocycles. The average molecular weight is 594 g/mol. The number of carbonyl (C=O) groups excluding carboxylic acids is 1. The minimum atomic E-state index is -4.01. The van der Waals surface area contributed by atoms with Gasteiger partial charge in [0, 0.05) is 42.1 Å². The molecule has 0 unspecified atom stereocenters. The SMILES string of the molecule is O=C(NS(=O)(=O)c1ccc(Cl)cc1)N1CCC(Nc2nccc(-c3c(-c4cccc(O)c4)nc4occn34)n2)CC1. The first-order chi connectivity index (χ1) is 19.8. The molecule has 14 heteroatoms. The van der Waals surface area contributed by atoms with E-state index in [0.717, 1.165) is 0 Å². The zero-order chi connectivity index (χ0) is 28.6. The first kappa shape index (κ1) is 26.6. The number of oxazole rings is 1. The first-order valence-electron chi connectivity index (χ1n) is 12.7. The smallest absolute Gasteiger partial charge is 0.331 e. The van der Waals surface area contributed by atoms with Gasteiger partial charge in [-0.3, -0.25) is 4.40 Å². The highest BCUT2D eigenvalue weighted by atomic mass is 35.5. The van der Waals surface area contributed by atoms with E-state index in [1.165, 1.54) is 35.4 Å². The van der Waals surface area contributed by atoms with Gasteiger partial charge in [-0.05, 0) is 55.3 Å². The Morgan fingerprint density at radius 3 is 2.61 bits per heavy atom. The van der Waals surface area contributed by atoms with Gasteiger partial charge in [-0.2, -0.15) is 4.98 Å². The fourth-order valence-electron chi connectivity index (χ4n) is 4.71. The van der Waals surface area contributed by atoms with Crippen LogP contribution in [0.1, 0.15) is 12.8 Å². The number of likely N-dealkylation sites (tertiary alicyclic amines) is 1. The monoisotopic (exact) mass is 593 g/mol. The number of imidazole rings is 1. The number of hydrogen-bond acceptors (Lipinski definition) is 9. The zero-order valence-corrected chi connectivity index (χ0v) is 23.0. The molecule has 210 valence electrons. The van der Waals surface area contributed by atoms with Crippen LogP contribution in [-0.4, -0.2) is 62.9 Å². The molecule has 4 heterocycles. The standard InChI is InChI=1S/C27H24ClN7O5S/c28-18-4-6-21(7-5-18)41(38,39)33-26(37)34-12-9-19(10-13-34)30-25-29-11-8-22(31-25)24-23(17-2-1-3-20(36)16-17)32-27-35(24)14-15-40-27/h1-8,11,14-16,19,36H,9-10,12-13H2,(H,33,37)(H,29,30,31). The number of hydrogen-bond donors (Lipinski definition) is 3. The van der Waals surface area contributed by atoms with E-state index in [9.17, 15) is 18.3 Å². The number of amides is 2. The molecule has 0 bridgehead atoms. The maximum Gasteiger partial charge on any atom is 0.331 e. The highest BCUT2D eigenvalue weighted by Crippen LogP contribution is 2.33. The van der Waals surface area contributed by atoms with Crippen LogP contribution in [-0.2, 0) is 10.0 Å². The van der Waals surface area contributed by atoms with Crippen molar-refractivity contribution in [2.75, 3.05) is 18.4 Å². The maximum absolute atomic E-state index is 12.7. The minimum absolute atomic E-state index is 0.0351. The van der Waals surface area contributed by atoms with E-state index in [2.05, 4.69) is 20.0 Å². The van der Waals surface area contributed by atoms with Crippen molar-refractivity contribution in [1.29, 1.82) is 0 Å². The Kier molecular flexibility index (Phi) is 6.97. The van der Waals surface area contributed by atoms with Crippen molar-refractivity contribution in [2.24, 2.45) is 0 Å². The van der Waals surface area contributed by atoms with Crippen molar-refractivity contribution in [2.45, 2.75) is 23.8 Å². The van der Waals surface area contributed by atoms with Gasteiger partial charge in [0.05, 0.1) is 10.6 Å². The molecule has 5 aromatic rings. The second-order valence-electron chi connectivity index (χ2n) is 9.45. The second-order valence-corrected chi connectivity index (χ2v) is 11.6. The quantitative estimate of drug-likeness (QED) is 0.260. The number of benzene rings is 2. The molecule has 2 aromatic carbocycles. The predicted molar refractivity (Wildman–Crippen MR) is 151 cm³/mol. The molecule has 6 rings (SSSR count). The van der Waals surface area contributed by atoms with E-state index in [1.54, 1.807) is 41.1 Å². The molecule has 0 saturated carbocycles. The lowest BCUT2D eigenvalue weighted by molar-refractivity contribution is 0.189. The van der Waals surface area contributed by atoms with Gasteiger partial charge in [0.2, 0.25) is 5.95 Å². The summed E-state index contributed by atoms with van der Waals surface area (Å²) >= 11 is 5.83. The molecular formula is C27H24ClN7O5S. The lowest BCUT2D eigenvalue weighted by Gasteiger charge is -2.32. The first-order valence-corrected chi connectivity index (χ1v) is 14.6. The zero-order valence-electron chi connectivity index (χ0n) is 21.4. The summed E-state index contributed by atoms with van der Waals surface area (Å²) in [6, 6.07) is 13.4. The van der Waals surface area contributed by atoms with Crippen molar-refractivity contribution in [1.82, 2.24) is 29.0 Å². The lowest BCUT2D eigenvalue weighted by atomic mass is 10.1. The molecule has 1 saturated heterocycles. The normalized spacial score (nSPS) is 14.3. The Morgan fingerprint density at radius 2 is 1.85 bits per heavy atom. The lowest BCUT2D eigenvalue weighted by Crippen LogP contribution is -2.48. The number of aromatic hydroxyl groups is 1. The number of piperidine rings is 1. The van der Waals surface area contributed by atoms with Gasteiger partial charge in [0.1, 0.15) is 23.4 Å². The Labute approximate surface area is 239 Å². The highest BCUT2D eigenvalue weighted by molar-refractivity contribution is 7.90. The molecule has 0 aliphatic carbocycles. The number of nitrogens with zero attached hydrogens (tertiary/aromatic N) is 5. The molecule has 1 aliphatic rings. The Morgan fingerprint density at radius 1 is 1.07 bits per heavy atom. The number of aromatic nitrogens is 4. The van der Waals surface area contributed by atoms with Crippen LogP contribution in [0, 0.1) is 0 Å². The third-order valence-electron chi connectivity index (χ3n) is 6.74. The number of urea groups is 1. The number of nitrogens with one attached hydrogen (secondary N) is 2. The van der Waals surface area contributed by atoms with Gasteiger partial charge < -0.3 is 19.7 Å². The predicted octanol–water partition coefficient (Wildman–Crippen LogP) is 4.39. The van der Waals surface area contributed by atoms with E-state index in [4.69, 9.17) is 21.0 Å². The van der Waals surface area contributed by atoms with Gasteiger partial charge in [-0.15, -0.1) is 0 Å². The third-order valence-corrected chi connectivity index (χ3v) is 8.33. The summed E-state index contributed by atoms with van der Waals surface area (Å²) in [6.07, 6.45) is 6.04. The minimum Gasteiger partial charge on any atom is -0.508 e. The number of halogens is 1. The Balaban J connectivity index is 1.14. The van der Waals surface area contributed by atoms with Crippen molar-refractivity contribution in [3.05, 3.63) is 78.3 Å². The molecule has 41 heavy (non-hydrogen) atoms. The summed E-state index contributed by atoms with van der Waals surface area (Å²) < 4.78 is 34.5. The van der Waals surface area contributed by atoms with Crippen molar-refractivity contribution in [3.8, 4) is 28.4 Å². The summed E-state index contributed by atoms with van der Waals surface area (Å²) in [5.41, 5.74) is 2.57. The molecule has 12 nitrogen and oxygen atoms in total. The number of fused-ring (bicyclic) bond motifs is 1. The number of phenolic OH excluding ortho intramolecular Hbond substituents is 1. The van der Waals surface area contributed by atoms with Crippen molar-refractivity contribution >= 4 is 39.4 Å². The van der Waals surface area contributed by atoms with E-state index >= 15 is 0 Å². The number of sulfonamides is 1. The van der Waals surface area contributed by atoms with Crippen LogP contribution < -0.4 is 10.0 Å². The molecule has 2 amide bonds. The fourth-order valence-corrected chi connectivity index (χ4v) is 5.80. The average Bonchev–Trinajstić information content (AvgIpc) is 3.55. The van der Waals surface area contributed by atoms with Gasteiger partial charge in [-0.1, -0.05) is 23.7 Å². The second kappa shape index (κ2) is 10.7. The Bertz CT molecular complexity index is 1830. The van der Waals surface area contributed by atoms with Crippen LogP contribution in [0.2, 0.25) is 5.02 Å². The number of anilines is 1. The number of phenols is 1. The molecule has 0 radical (unpaired) electrons. The topological polar surface area (TPSA) is 155 Å². The molecule has 3 N–H and O–H groups in total. The third kappa shape index (κ3) is 5.54. The van der Waals surface area contributed by atoms with Crippen LogP contribution >= 0.6 is 11.6 Å². The molecular weight excluding hydrogens is 570 g/mol. The van der Waals surface area contributed by atoms with Crippen molar-refractivity contribution < 1.29 is 22.7 Å². The van der Waals surface area contributed by atoms with Crippen LogP contribution in [0.5, 0.6) is 5.75 Å². The summed E-state index contributed by atoms with van der Waals surface area (Å²) in [7, 11) is -4.01. The summed E-state index contributed by atoms with van der Waals surface area (Å²) in [4.78, 5) is 27.8. The number of carbonyl (C=O) groups is 1. The van der Waals surface area contributed by atoms with E-state index < -0.39 is 16.1 Å². The molecule has 0 spiro atoms. The summed E-state index contributed by atoms with van der Waals surface area (Å²) in [5.74, 6) is 0.900. The molecule has 1 fully saturated rings. The summed E-state index contributed by atoms with van der Waals surface area (Å²) in [6.45, 7) is 0.693. The van der Waals surface area contributed by atoms with Crippen LogP contribution in [0.4, 0.5) is 10.7 Å². The summed E-state index contributed by atoms with van der Waals surface area (Å²) in [5, 5.41) is 13.7. The fraction of sp³-hybridized carbons (Fsp3) is 0.185. The van der Waals surface area contributed by atoms with Gasteiger partial charge in [0.15, 0.2) is 0 Å². The largest absolute Gasteiger partial charge is 0.508 e. The van der Waals surface area contributed by atoms with Crippen LogP contribution in [0.15, 0.2) is 82.6 Å². The van der Waals surface area contributed by atoms with Gasteiger partial charge >= 0.3 is 11.9 Å². The number of rotatable bonds is 6. The molecule has 1 aliphatic heterocycles. The van der Waals surface area contributed by atoms with Gasteiger partial charge in [0.25, 0.3) is 10.0 Å². The van der Waals surface area contributed by atoms with E-state index in [0.29, 0.717) is 65.4 Å². The molecule has 0 atom stereocenters. The van der Waals surface area contributed by atoms with E-state index in [1.807, 2.05) is 6.07 Å². The Hall–Kier alpha value is -4.62.